The van der Waals surface area contributed by atoms with Gasteiger partial charge in [0.25, 0.3) is 0 Å². The number of benzene rings is 1. The molecule has 21 heavy (non-hydrogen) atoms. The van der Waals surface area contributed by atoms with Crippen LogP contribution in [0.3, 0.4) is 0 Å². The van der Waals surface area contributed by atoms with Gasteiger partial charge in [0.1, 0.15) is 5.69 Å². The van der Waals surface area contributed by atoms with E-state index in [2.05, 4.69) is 15.6 Å². The van der Waals surface area contributed by atoms with Gasteiger partial charge in [-0.05, 0) is 43.7 Å². The van der Waals surface area contributed by atoms with E-state index in [0.29, 0.717) is 16.6 Å². The number of pyridine rings is 1. The maximum atomic E-state index is 11.5. The van der Waals surface area contributed by atoms with Crippen molar-refractivity contribution in [1.29, 1.82) is 0 Å². The fraction of sp³-hybridized carbons (Fsp3) is 0.400. The highest BCUT2D eigenvalue weighted by Crippen LogP contribution is 2.33. The molecular weight excluding hydrogens is 268 g/mol. The second-order valence-corrected chi connectivity index (χ2v) is 5.33. The van der Waals surface area contributed by atoms with Gasteiger partial charge in [-0.15, -0.1) is 0 Å². The van der Waals surface area contributed by atoms with Crippen LogP contribution in [-0.2, 0) is 0 Å². The van der Waals surface area contributed by atoms with Crippen molar-refractivity contribution in [3.8, 4) is 0 Å². The molecule has 1 aromatic heterocycles. The van der Waals surface area contributed by atoms with Crippen molar-refractivity contribution in [2.75, 3.05) is 18.4 Å². The first-order valence-electron chi connectivity index (χ1n) is 7.25. The summed E-state index contributed by atoms with van der Waals surface area (Å²) in [7, 11) is 0. The monoisotopic (exact) mass is 286 g/mol. The van der Waals surface area contributed by atoms with Crippen LogP contribution in [0.4, 0.5) is 11.4 Å². The predicted octanol–water partition coefficient (Wildman–Crippen LogP) is 2.70. The van der Waals surface area contributed by atoms with Gasteiger partial charge in [-0.3, -0.25) is 15.1 Å². The molecule has 1 fully saturated rings. The topological polar surface area (TPSA) is 80.1 Å². The summed E-state index contributed by atoms with van der Waals surface area (Å²) in [6, 6.07) is 7.29. The highest BCUT2D eigenvalue weighted by atomic mass is 16.6. The van der Waals surface area contributed by atoms with Crippen molar-refractivity contribution in [2.24, 2.45) is 0 Å². The maximum absolute atomic E-state index is 11.5. The molecule has 2 N–H and O–H groups in total. The fourth-order valence-corrected chi connectivity index (χ4v) is 2.81. The zero-order valence-electron chi connectivity index (χ0n) is 11.7. The summed E-state index contributed by atoms with van der Waals surface area (Å²) < 4.78 is 0. The molecule has 1 atom stereocenters. The molecular formula is C15H18N4O2. The molecule has 0 saturated carbocycles. The van der Waals surface area contributed by atoms with Crippen LogP contribution in [0.15, 0.2) is 30.5 Å². The fourth-order valence-electron chi connectivity index (χ4n) is 2.81. The largest absolute Gasteiger partial charge is 0.375 e. The molecule has 0 spiro atoms. The summed E-state index contributed by atoms with van der Waals surface area (Å²) in [5.41, 5.74) is 1.34. The summed E-state index contributed by atoms with van der Waals surface area (Å²) in [5.74, 6) is 0. The zero-order chi connectivity index (χ0) is 14.7. The Kier molecular flexibility index (Phi) is 3.96. The van der Waals surface area contributed by atoms with Crippen LogP contribution >= 0.6 is 0 Å². The summed E-state index contributed by atoms with van der Waals surface area (Å²) in [5, 5.41) is 18.7. The molecule has 3 rings (SSSR count). The number of rotatable bonds is 3. The van der Waals surface area contributed by atoms with E-state index in [4.69, 9.17) is 0 Å². The lowest BCUT2D eigenvalue weighted by atomic mass is 10.1. The molecule has 1 aliphatic heterocycles. The third-order valence-corrected chi connectivity index (χ3v) is 3.85. The lowest BCUT2D eigenvalue weighted by Crippen LogP contribution is -2.31. The molecule has 1 saturated heterocycles. The lowest BCUT2D eigenvalue weighted by molar-refractivity contribution is -0.382. The molecule has 1 unspecified atom stereocenters. The molecule has 6 heteroatoms. The number of fused-ring (bicyclic) bond motifs is 1. The van der Waals surface area contributed by atoms with Gasteiger partial charge in [0, 0.05) is 18.8 Å². The third-order valence-electron chi connectivity index (χ3n) is 3.85. The van der Waals surface area contributed by atoms with Crippen LogP contribution in [0.25, 0.3) is 10.9 Å². The number of anilines is 1. The van der Waals surface area contributed by atoms with Crippen LogP contribution in [-0.4, -0.2) is 29.0 Å². The van der Waals surface area contributed by atoms with E-state index in [1.54, 1.807) is 24.4 Å². The van der Waals surface area contributed by atoms with E-state index < -0.39 is 0 Å². The quantitative estimate of drug-likeness (QED) is 0.670. The van der Waals surface area contributed by atoms with Crippen LogP contribution in [0, 0.1) is 10.1 Å². The van der Waals surface area contributed by atoms with E-state index in [1.807, 2.05) is 6.07 Å². The van der Waals surface area contributed by atoms with Gasteiger partial charge in [-0.2, -0.15) is 0 Å². The van der Waals surface area contributed by atoms with Crippen molar-refractivity contribution >= 4 is 22.3 Å². The standard InChI is InChI=1S/C15H18N4O2/c20-19(21)15-12-5-3-9-17-13(12)6-7-14(15)18-11-4-1-2-8-16-10-11/h3,5-7,9,11,16,18H,1-2,4,8,10H2. The highest BCUT2D eigenvalue weighted by Gasteiger charge is 2.21. The molecule has 6 nitrogen and oxygen atoms in total. The minimum absolute atomic E-state index is 0.116. The Morgan fingerprint density at radius 2 is 2.24 bits per heavy atom. The Labute approximate surface area is 122 Å². The predicted molar refractivity (Wildman–Crippen MR) is 82.5 cm³/mol. The van der Waals surface area contributed by atoms with Gasteiger partial charge in [0.2, 0.25) is 0 Å². The molecule has 0 bridgehead atoms. The smallest absolute Gasteiger partial charge is 0.301 e. The Balaban J connectivity index is 1.97. The Morgan fingerprint density at radius 1 is 1.33 bits per heavy atom. The van der Waals surface area contributed by atoms with Gasteiger partial charge in [0.15, 0.2) is 0 Å². The first kappa shape index (κ1) is 13.8. The number of hydrogen-bond donors (Lipinski definition) is 2. The molecule has 0 aliphatic carbocycles. The Hall–Kier alpha value is -2.21. The highest BCUT2D eigenvalue weighted by molar-refractivity contribution is 5.94. The SMILES string of the molecule is O=[N+]([O-])c1c(NC2CCCCNC2)ccc2ncccc12. The maximum Gasteiger partial charge on any atom is 0.301 e. The van der Waals surface area contributed by atoms with Crippen molar-refractivity contribution in [1.82, 2.24) is 10.3 Å². The van der Waals surface area contributed by atoms with Crippen LogP contribution in [0.1, 0.15) is 19.3 Å². The van der Waals surface area contributed by atoms with Crippen molar-refractivity contribution in [2.45, 2.75) is 25.3 Å². The number of nitro benzene ring substituents is 1. The number of nitrogens with zero attached hydrogens (tertiary/aromatic N) is 2. The van der Waals surface area contributed by atoms with E-state index in [0.717, 1.165) is 32.4 Å². The second-order valence-electron chi connectivity index (χ2n) is 5.33. The first-order valence-corrected chi connectivity index (χ1v) is 7.25. The second kappa shape index (κ2) is 6.05. The Bertz CT molecular complexity index is 651. The molecule has 2 heterocycles. The molecule has 0 amide bonds. The van der Waals surface area contributed by atoms with Gasteiger partial charge in [-0.1, -0.05) is 6.42 Å². The van der Waals surface area contributed by atoms with E-state index in [1.165, 1.54) is 0 Å². The van der Waals surface area contributed by atoms with Crippen LogP contribution < -0.4 is 10.6 Å². The lowest BCUT2D eigenvalue weighted by Gasteiger charge is -2.18. The van der Waals surface area contributed by atoms with E-state index in [9.17, 15) is 10.1 Å². The first-order chi connectivity index (χ1) is 10.3. The summed E-state index contributed by atoms with van der Waals surface area (Å²) in [4.78, 5) is 15.3. The zero-order valence-corrected chi connectivity index (χ0v) is 11.7. The molecule has 0 radical (unpaired) electrons. The molecule has 110 valence electrons. The minimum atomic E-state index is -0.323. The summed E-state index contributed by atoms with van der Waals surface area (Å²) in [6.07, 6.45) is 4.96. The van der Waals surface area contributed by atoms with Crippen molar-refractivity contribution in [3.63, 3.8) is 0 Å². The van der Waals surface area contributed by atoms with Gasteiger partial charge < -0.3 is 10.6 Å². The van der Waals surface area contributed by atoms with Crippen molar-refractivity contribution < 1.29 is 4.92 Å². The number of nitro groups is 1. The van der Waals surface area contributed by atoms with Crippen molar-refractivity contribution in [3.05, 3.63) is 40.6 Å². The summed E-state index contributed by atoms with van der Waals surface area (Å²) >= 11 is 0. The third kappa shape index (κ3) is 2.95. The number of nitrogens with one attached hydrogen (secondary N) is 2. The Morgan fingerprint density at radius 3 is 3.10 bits per heavy atom. The number of aromatic nitrogens is 1. The summed E-state index contributed by atoms with van der Waals surface area (Å²) in [6.45, 7) is 1.85. The molecule has 2 aromatic rings. The van der Waals surface area contributed by atoms with Gasteiger partial charge >= 0.3 is 5.69 Å². The van der Waals surface area contributed by atoms with Gasteiger partial charge in [0.05, 0.1) is 15.8 Å². The van der Waals surface area contributed by atoms with Crippen LogP contribution in [0.5, 0.6) is 0 Å². The minimum Gasteiger partial charge on any atom is -0.375 e. The van der Waals surface area contributed by atoms with E-state index >= 15 is 0 Å². The normalized spacial score (nSPS) is 19.1. The van der Waals surface area contributed by atoms with E-state index in [-0.39, 0.29) is 16.7 Å². The van der Waals surface area contributed by atoms with Gasteiger partial charge in [-0.25, -0.2) is 0 Å². The van der Waals surface area contributed by atoms with Crippen LogP contribution in [0.2, 0.25) is 0 Å². The average molecular weight is 286 g/mol. The number of hydrogen-bond acceptors (Lipinski definition) is 5. The molecule has 1 aromatic carbocycles. The average Bonchev–Trinajstić information content (AvgIpc) is 2.75. The molecule has 1 aliphatic rings.